The van der Waals surface area contributed by atoms with Gasteiger partial charge in [-0.25, -0.2) is 0 Å². The second-order valence-corrected chi connectivity index (χ2v) is 6.20. The van der Waals surface area contributed by atoms with Crippen LogP contribution in [0.15, 0.2) is 0 Å². The zero-order chi connectivity index (χ0) is 12.8. The van der Waals surface area contributed by atoms with Gasteiger partial charge in [-0.05, 0) is 57.7 Å². The van der Waals surface area contributed by atoms with Crippen molar-refractivity contribution in [3.63, 3.8) is 0 Å². The van der Waals surface area contributed by atoms with E-state index in [1.807, 2.05) is 7.11 Å². The van der Waals surface area contributed by atoms with Crippen molar-refractivity contribution in [2.24, 2.45) is 5.92 Å². The van der Waals surface area contributed by atoms with Gasteiger partial charge in [0, 0.05) is 19.2 Å². The van der Waals surface area contributed by atoms with E-state index in [1.165, 1.54) is 64.7 Å². The first kappa shape index (κ1) is 14.3. The summed E-state index contributed by atoms with van der Waals surface area (Å²) in [5.74, 6) is 0.861. The number of methoxy groups -OCH3 is 1. The van der Waals surface area contributed by atoms with E-state index < -0.39 is 0 Å². The first-order chi connectivity index (χ1) is 8.78. The van der Waals surface area contributed by atoms with Crippen molar-refractivity contribution < 1.29 is 4.74 Å². The molecule has 2 rings (SSSR count). The molecule has 0 saturated carbocycles. The van der Waals surface area contributed by atoms with Crippen LogP contribution in [0.4, 0.5) is 0 Å². The number of likely N-dealkylation sites (tertiary alicyclic amines) is 1. The van der Waals surface area contributed by atoms with Crippen LogP contribution in [0.1, 0.15) is 45.4 Å². The first-order valence-electron chi connectivity index (χ1n) is 7.74. The number of nitrogens with one attached hydrogen (secondary N) is 1. The van der Waals surface area contributed by atoms with Gasteiger partial charge in [-0.1, -0.05) is 13.3 Å². The lowest BCUT2D eigenvalue weighted by atomic mass is 9.79. The molecule has 2 aliphatic heterocycles. The molecule has 2 aliphatic rings. The Morgan fingerprint density at radius 2 is 2.22 bits per heavy atom. The van der Waals surface area contributed by atoms with Gasteiger partial charge in [0.15, 0.2) is 0 Å². The third-order valence-electron chi connectivity index (χ3n) is 4.73. The normalized spacial score (nSPS) is 34.7. The van der Waals surface area contributed by atoms with Gasteiger partial charge in [-0.15, -0.1) is 0 Å². The molecule has 0 aliphatic carbocycles. The Hall–Kier alpha value is -0.120. The number of hydrogen-bond donors (Lipinski definition) is 1. The zero-order valence-electron chi connectivity index (χ0n) is 12.2. The molecule has 1 N–H and O–H groups in total. The Morgan fingerprint density at radius 3 is 2.89 bits per heavy atom. The summed E-state index contributed by atoms with van der Waals surface area (Å²) < 4.78 is 5.50. The number of piperidine rings is 2. The SMILES string of the molecule is CCN1CCCC(CC2(COC)CCCCN2)C1. The molecule has 106 valence electrons. The van der Waals surface area contributed by atoms with Crippen molar-refractivity contribution in [3.8, 4) is 0 Å². The van der Waals surface area contributed by atoms with E-state index in [0.717, 1.165) is 12.5 Å². The molecule has 0 bridgehead atoms. The van der Waals surface area contributed by atoms with Crippen molar-refractivity contribution in [1.29, 1.82) is 0 Å². The van der Waals surface area contributed by atoms with Crippen LogP contribution in [0.3, 0.4) is 0 Å². The minimum atomic E-state index is 0.272. The molecule has 0 aromatic heterocycles. The van der Waals surface area contributed by atoms with Crippen LogP contribution in [0.25, 0.3) is 0 Å². The van der Waals surface area contributed by atoms with E-state index in [0.29, 0.717) is 0 Å². The molecule has 3 nitrogen and oxygen atoms in total. The maximum atomic E-state index is 5.50. The average Bonchev–Trinajstić information content (AvgIpc) is 2.40. The van der Waals surface area contributed by atoms with Crippen molar-refractivity contribution >= 4 is 0 Å². The summed E-state index contributed by atoms with van der Waals surface area (Å²) in [7, 11) is 1.84. The van der Waals surface area contributed by atoms with Crippen LogP contribution in [-0.4, -0.2) is 50.3 Å². The molecule has 18 heavy (non-hydrogen) atoms. The summed E-state index contributed by atoms with van der Waals surface area (Å²) in [6, 6.07) is 0. The van der Waals surface area contributed by atoms with Gasteiger partial charge in [0.2, 0.25) is 0 Å². The summed E-state index contributed by atoms with van der Waals surface area (Å²) in [5, 5.41) is 3.77. The molecule has 2 heterocycles. The highest BCUT2D eigenvalue weighted by molar-refractivity contribution is 4.94. The lowest BCUT2D eigenvalue weighted by Gasteiger charge is -2.42. The molecule has 2 atom stereocenters. The van der Waals surface area contributed by atoms with E-state index in [9.17, 15) is 0 Å². The van der Waals surface area contributed by atoms with Crippen molar-refractivity contribution in [2.75, 3.05) is 39.9 Å². The molecule has 0 aromatic carbocycles. The maximum Gasteiger partial charge on any atom is 0.0644 e. The standard InChI is InChI=1S/C15H30N2O/c1-3-17-10-6-7-14(12-17)11-15(13-18-2)8-4-5-9-16-15/h14,16H,3-13H2,1-2H3. The highest BCUT2D eigenvalue weighted by Crippen LogP contribution is 2.31. The Balaban J connectivity index is 1.91. The largest absolute Gasteiger partial charge is 0.383 e. The van der Waals surface area contributed by atoms with E-state index in [2.05, 4.69) is 17.1 Å². The van der Waals surface area contributed by atoms with Crippen molar-refractivity contribution in [3.05, 3.63) is 0 Å². The molecule has 2 saturated heterocycles. The predicted octanol–water partition coefficient (Wildman–Crippen LogP) is 2.27. The van der Waals surface area contributed by atoms with Gasteiger partial charge in [-0.2, -0.15) is 0 Å². The topological polar surface area (TPSA) is 24.5 Å². The Kier molecular flexibility index (Phi) is 5.46. The Bertz CT molecular complexity index is 233. The van der Waals surface area contributed by atoms with Gasteiger partial charge in [0.05, 0.1) is 6.61 Å². The van der Waals surface area contributed by atoms with Crippen LogP contribution in [0, 0.1) is 5.92 Å². The van der Waals surface area contributed by atoms with Crippen LogP contribution in [0.5, 0.6) is 0 Å². The first-order valence-corrected chi connectivity index (χ1v) is 7.74. The third-order valence-corrected chi connectivity index (χ3v) is 4.73. The van der Waals surface area contributed by atoms with Gasteiger partial charge in [-0.3, -0.25) is 0 Å². The fraction of sp³-hybridized carbons (Fsp3) is 1.00. The second kappa shape index (κ2) is 6.88. The molecule has 2 unspecified atom stereocenters. The fourth-order valence-corrected chi connectivity index (χ4v) is 3.82. The summed E-state index contributed by atoms with van der Waals surface area (Å²) in [6.45, 7) is 8.15. The van der Waals surface area contributed by atoms with E-state index in [4.69, 9.17) is 4.74 Å². The molecular weight excluding hydrogens is 224 g/mol. The number of hydrogen-bond acceptors (Lipinski definition) is 3. The van der Waals surface area contributed by atoms with E-state index >= 15 is 0 Å². The summed E-state index contributed by atoms with van der Waals surface area (Å²) >= 11 is 0. The molecule has 3 heteroatoms. The van der Waals surface area contributed by atoms with Crippen LogP contribution < -0.4 is 5.32 Å². The summed E-state index contributed by atoms with van der Waals surface area (Å²) in [5.41, 5.74) is 0.272. The van der Waals surface area contributed by atoms with Crippen LogP contribution >= 0.6 is 0 Å². The van der Waals surface area contributed by atoms with Crippen molar-refractivity contribution in [1.82, 2.24) is 10.2 Å². The molecule has 0 amide bonds. The quantitative estimate of drug-likeness (QED) is 0.814. The van der Waals surface area contributed by atoms with Crippen LogP contribution in [-0.2, 0) is 4.74 Å². The monoisotopic (exact) mass is 254 g/mol. The van der Waals surface area contributed by atoms with Crippen molar-refractivity contribution in [2.45, 2.75) is 51.0 Å². The number of ether oxygens (including phenoxy) is 1. The van der Waals surface area contributed by atoms with Gasteiger partial charge >= 0.3 is 0 Å². The third kappa shape index (κ3) is 3.69. The van der Waals surface area contributed by atoms with Gasteiger partial charge in [0.1, 0.15) is 0 Å². The average molecular weight is 254 g/mol. The number of nitrogens with zero attached hydrogens (tertiary/aromatic N) is 1. The van der Waals surface area contributed by atoms with Gasteiger partial charge in [0.25, 0.3) is 0 Å². The Morgan fingerprint density at radius 1 is 1.33 bits per heavy atom. The minimum absolute atomic E-state index is 0.272. The molecule has 0 aromatic rings. The Labute approximate surface area is 112 Å². The van der Waals surface area contributed by atoms with Gasteiger partial charge < -0.3 is 15.0 Å². The lowest BCUT2D eigenvalue weighted by Crippen LogP contribution is -2.54. The number of rotatable bonds is 5. The fourth-order valence-electron chi connectivity index (χ4n) is 3.82. The second-order valence-electron chi connectivity index (χ2n) is 6.20. The molecular formula is C15H30N2O. The highest BCUT2D eigenvalue weighted by Gasteiger charge is 2.35. The van der Waals surface area contributed by atoms with E-state index in [1.54, 1.807) is 0 Å². The minimum Gasteiger partial charge on any atom is -0.383 e. The zero-order valence-corrected chi connectivity index (χ0v) is 12.2. The molecule has 0 radical (unpaired) electrons. The summed E-state index contributed by atoms with van der Waals surface area (Å²) in [4.78, 5) is 2.61. The smallest absolute Gasteiger partial charge is 0.0644 e. The highest BCUT2D eigenvalue weighted by atomic mass is 16.5. The van der Waals surface area contributed by atoms with E-state index in [-0.39, 0.29) is 5.54 Å². The van der Waals surface area contributed by atoms with Crippen LogP contribution in [0.2, 0.25) is 0 Å². The predicted molar refractivity (Wildman–Crippen MR) is 75.9 cm³/mol. The lowest BCUT2D eigenvalue weighted by molar-refractivity contribution is 0.0564. The maximum absolute atomic E-state index is 5.50. The molecule has 2 fully saturated rings. The summed E-state index contributed by atoms with van der Waals surface area (Å²) in [6.07, 6.45) is 8.07. The molecule has 0 spiro atoms.